The molecule has 0 atom stereocenters. The number of imidazole rings is 1. The van der Waals surface area contributed by atoms with Gasteiger partial charge in [0.25, 0.3) is 0 Å². The van der Waals surface area contributed by atoms with Crippen LogP contribution in [0.1, 0.15) is 23.8 Å². The third kappa shape index (κ3) is 1.97. The summed E-state index contributed by atoms with van der Waals surface area (Å²) in [6.07, 6.45) is 8.25. The van der Waals surface area contributed by atoms with Crippen LogP contribution in [0.5, 0.6) is 0 Å². The molecule has 3 aromatic rings. The molecule has 1 aliphatic heterocycles. The van der Waals surface area contributed by atoms with Gasteiger partial charge in [0.15, 0.2) is 0 Å². The average molecular weight is 273 g/mol. The van der Waals surface area contributed by atoms with Crippen LogP contribution in [0, 0.1) is 0 Å². The summed E-state index contributed by atoms with van der Waals surface area (Å²) in [5, 5.41) is 9.32. The number of hydrogen-bond acceptors (Lipinski definition) is 4. The highest BCUT2D eigenvalue weighted by Crippen LogP contribution is 2.30. The lowest BCUT2D eigenvalue weighted by molar-refractivity contribution is 0.456. The third-order valence-corrected chi connectivity index (χ3v) is 4.73. The van der Waals surface area contributed by atoms with Gasteiger partial charge in [-0.3, -0.25) is 0 Å². The summed E-state index contributed by atoms with van der Waals surface area (Å²) in [5.74, 6) is 0.601. The van der Waals surface area contributed by atoms with Crippen LogP contribution in [0.25, 0.3) is 16.2 Å². The van der Waals surface area contributed by atoms with Crippen LogP contribution in [0.3, 0.4) is 0 Å². The summed E-state index contributed by atoms with van der Waals surface area (Å²) in [5.41, 5.74) is 2.10. The summed E-state index contributed by atoms with van der Waals surface area (Å²) in [6.45, 7) is 2.20. The van der Waals surface area contributed by atoms with Gasteiger partial charge in [0.05, 0.1) is 11.9 Å². The van der Waals surface area contributed by atoms with Crippen LogP contribution in [-0.4, -0.2) is 32.7 Å². The average Bonchev–Trinajstić information content (AvgIpc) is 3.14. The van der Waals surface area contributed by atoms with Gasteiger partial charge in [-0.1, -0.05) is 11.3 Å². The Morgan fingerprint density at radius 2 is 2.21 bits per heavy atom. The van der Waals surface area contributed by atoms with E-state index in [9.17, 15) is 0 Å². The van der Waals surface area contributed by atoms with Gasteiger partial charge in [0.2, 0.25) is 4.96 Å². The van der Waals surface area contributed by atoms with E-state index in [2.05, 4.69) is 15.3 Å². The van der Waals surface area contributed by atoms with E-state index >= 15 is 0 Å². The molecule has 6 heteroatoms. The fourth-order valence-electron chi connectivity index (χ4n) is 2.57. The molecule has 19 heavy (non-hydrogen) atoms. The van der Waals surface area contributed by atoms with Gasteiger partial charge in [-0.15, -0.1) is 0 Å². The SMILES string of the molecule is c1cc(-c2cn3nc(C4CCNCC4)sc3n2)c[nH]1. The molecule has 0 spiro atoms. The Balaban J connectivity index is 1.67. The van der Waals surface area contributed by atoms with E-state index < -0.39 is 0 Å². The van der Waals surface area contributed by atoms with Crippen molar-refractivity contribution in [2.24, 2.45) is 0 Å². The molecule has 0 bridgehead atoms. The summed E-state index contributed by atoms with van der Waals surface area (Å²) < 4.78 is 1.92. The minimum atomic E-state index is 0.601. The van der Waals surface area contributed by atoms with Crippen LogP contribution >= 0.6 is 11.3 Å². The fraction of sp³-hybridized carbons (Fsp3) is 0.385. The first-order valence-corrected chi connectivity index (χ1v) is 7.42. The van der Waals surface area contributed by atoms with Crippen molar-refractivity contribution in [1.82, 2.24) is 24.9 Å². The molecule has 0 unspecified atom stereocenters. The predicted octanol–water partition coefficient (Wildman–Crippen LogP) is 2.25. The van der Waals surface area contributed by atoms with Crippen molar-refractivity contribution >= 4 is 16.3 Å². The summed E-state index contributed by atoms with van der Waals surface area (Å²) in [7, 11) is 0. The number of piperidine rings is 1. The first kappa shape index (κ1) is 11.2. The van der Waals surface area contributed by atoms with Crippen LogP contribution in [0.15, 0.2) is 24.7 Å². The maximum Gasteiger partial charge on any atom is 0.212 e. The molecular formula is C13H15N5S. The highest BCUT2D eigenvalue weighted by atomic mass is 32.1. The highest BCUT2D eigenvalue weighted by molar-refractivity contribution is 7.16. The van der Waals surface area contributed by atoms with Gasteiger partial charge < -0.3 is 10.3 Å². The van der Waals surface area contributed by atoms with Crippen LogP contribution < -0.4 is 5.32 Å². The fourth-order valence-corrected chi connectivity index (χ4v) is 3.62. The number of aromatic nitrogens is 4. The van der Waals surface area contributed by atoms with Crippen molar-refractivity contribution in [3.8, 4) is 11.3 Å². The van der Waals surface area contributed by atoms with Crippen molar-refractivity contribution in [3.63, 3.8) is 0 Å². The first-order chi connectivity index (χ1) is 9.40. The van der Waals surface area contributed by atoms with E-state index in [0.717, 1.165) is 29.3 Å². The molecule has 1 fully saturated rings. The Hall–Kier alpha value is -1.66. The van der Waals surface area contributed by atoms with E-state index in [0.29, 0.717) is 5.92 Å². The van der Waals surface area contributed by atoms with Gasteiger partial charge in [-0.2, -0.15) is 5.10 Å². The summed E-state index contributed by atoms with van der Waals surface area (Å²) >= 11 is 1.72. The molecule has 1 saturated heterocycles. The van der Waals surface area contributed by atoms with Crippen LogP contribution in [0.4, 0.5) is 0 Å². The van der Waals surface area contributed by atoms with Gasteiger partial charge in [-0.05, 0) is 32.0 Å². The zero-order valence-corrected chi connectivity index (χ0v) is 11.3. The van der Waals surface area contributed by atoms with Crippen molar-refractivity contribution in [2.75, 3.05) is 13.1 Å². The van der Waals surface area contributed by atoms with Gasteiger partial charge in [-0.25, -0.2) is 9.50 Å². The van der Waals surface area contributed by atoms with Crippen LogP contribution in [0.2, 0.25) is 0 Å². The maximum atomic E-state index is 4.70. The predicted molar refractivity (Wildman–Crippen MR) is 75.5 cm³/mol. The van der Waals surface area contributed by atoms with Crippen molar-refractivity contribution < 1.29 is 0 Å². The number of aromatic amines is 1. The zero-order valence-electron chi connectivity index (χ0n) is 10.5. The lowest BCUT2D eigenvalue weighted by Crippen LogP contribution is -2.26. The molecule has 2 N–H and O–H groups in total. The normalized spacial score (nSPS) is 17.3. The van der Waals surface area contributed by atoms with Crippen molar-refractivity contribution in [1.29, 1.82) is 0 Å². The van der Waals surface area contributed by atoms with Gasteiger partial charge >= 0.3 is 0 Å². The van der Waals surface area contributed by atoms with Crippen molar-refractivity contribution in [2.45, 2.75) is 18.8 Å². The molecule has 0 saturated carbocycles. The smallest absolute Gasteiger partial charge is 0.212 e. The Morgan fingerprint density at radius 1 is 1.32 bits per heavy atom. The molecule has 4 heterocycles. The Bertz CT molecular complexity index is 644. The molecule has 1 aliphatic rings. The first-order valence-electron chi connectivity index (χ1n) is 6.60. The summed E-state index contributed by atoms with van der Waals surface area (Å²) in [4.78, 5) is 8.70. The number of rotatable bonds is 2. The second kappa shape index (κ2) is 4.47. The Morgan fingerprint density at radius 3 is 2.95 bits per heavy atom. The minimum Gasteiger partial charge on any atom is -0.367 e. The molecule has 0 aromatic carbocycles. The lowest BCUT2D eigenvalue weighted by Gasteiger charge is -2.19. The molecule has 4 rings (SSSR count). The largest absolute Gasteiger partial charge is 0.367 e. The quantitative estimate of drug-likeness (QED) is 0.753. The molecule has 0 radical (unpaired) electrons. The maximum absolute atomic E-state index is 4.70. The standard InChI is InChI=1S/C13H15N5S/c1-4-14-5-2-9(1)12-17-18-8-11(16-13(18)19-12)10-3-6-15-7-10/h3,6-9,14-15H,1-2,4-5H2. The highest BCUT2D eigenvalue weighted by Gasteiger charge is 2.20. The van der Waals surface area contributed by atoms with Crippen molar-refractivity contribution in [3.05, 3.63) is 29.7 Å². The molecule has 0 aliphatic carbocycles. The lowest BCUT2D eigenvalue weighted by atomic mass is 9.99. The van der Waals surface area contributed by atoms with Gasteiger partial charge in [0, 0.05) is 23.9 Å². The molecule has 3 aromatic heterocycles. The number of hydrogen-bond donors (Lipinski definition) is 2. The number of nitrogens with one attached hydrogen (secondary N) is 2. The second-order valence-corrected chi connectivity index (χ2v) is 5.91. The number of nitrogens with zero attached hydrogens (tertiary/aromatic N) is 3. The van der Waals surface area contributed by atoms with E-state index in [4.69, 9.17) is 5.10 Å². The zero-order chi connectivity index (χ0) is 12.7. The topological polar surface area (TPSA) is 58.0 Å². The number of fused-ring (bicyclic) bond motifs is 1. The number of H-pyrrole nitrogens is 1. The van der Waals surface area contributed by atoms with E-state index in [1.165, 1.54) is 17.8 Å². The Labute approximate surface area is 114 Å². The van der Waals surface area contributed by atoms with E-state index in [1.54, 1.807) is 11.3 Å². The minimum absolute atomic E-state index is 0.601. The monoisotopic (exact) mass is 273 g/mol. The summed E-state index contributed by atoms with van der Waals surface area (Å²) in [6, 6.07) is 2.03. The Kier molecular flexibility index (Phi) is 2.63. The third-order valence-electron chi connectivity index (χ3n) is 3.64. The van der Waals surface area contributed by atoms with Crippen LogP contribution in [-0.2, 0) is 0 Å². The molecule has 5 nitrogen and oxygen atoms in total. The van der Waals surface area contributed by atoms with E-state index in [-0.39, 0.29) is 0 Å². The molecule has 0 amide bonds. The molecular weight excluding hydrogens is 258 g/mol. The molecule has 98 valence electrons. The van der Waals surface area contributed by atoms with Gasteiger partial charge in [0.1, 0.15) is 5.01 Å². The van der Waals surface area contributed by atoms with E-state index in [1.807, 2.05) is 29.2 Å². The second-order valence-electron chi connectivity index (χ2n) is 4.92.